The van der Waals surface area contributed by atoms with E-state index >= 15 is 0 Å². The number of nitrogens with one attached hydrogen (secondary N) is 1. The molecular formula is C23H32N6O2. The highest BCUT2D eigenvalue weighted by Crippen LogP contribution is 2.23. The Bertz CT molecular complexity index is 1180. The summed E-state index contributed by atoms with van der Waals surface area (Å²) in [7, 11) is 1.66. The Morgan fingerprint density at radius 1 is 1.10 bits per heavy atom. The van der Waals surface area contributed by atoms with E-state index in [9.17, 15) is 9.59 Å². The highest BCUT2D eigenvalue weighted by molar-refractivity contribution is 5.74. The van der Waals surface area contributed by atoms with Crippen molar-refractivity contribution in [1.29, 1.82) is 0 Å². The minimum atomic E-state index is -0.430. The third kappa shape index (κ3) is 4.30. The summed E-state index contributed by atoms with van der Waals surface area (Å²) < 4.78 is 3.44. The number of hydrogen-bond acceptors (Lipinski definition) is 5. The molecule has 8 heteroatoms. The zero-order chi connectivity index (χ0) is 22.1. The summed E-state index contributed by atoms with van der Waals surface area (Å²) in [6.07, 6.45) is 0.938. The van der Waals surface area contributed by atoms with Crippen molar-refractivity contribution in [3.8, 4) is 0 Å². The molecule has 4 rings (SSSR count). The molecule has 1 fully saturated rings. The first-order valence-corrected chi connectivity index (χ1v) is 11.1. The van der Waals surface area contributed by atoms with E-state index in [0.29, 0.717) is 23.6 Å². The molecular weight excluding hydrogens is 392 g/mol. The van der Waals surface area contributed by atoms with Gasteiger partial charge in [-0.3, -0.25) is 19.2 Å². The van der Waals surface area contributed by atoms with Crippen LogP contribution in [-0.2, 0) is 20.1 Å². The second-order valence-corrected chi connectivity index (χ2v) is 8.93. The Morgan fingerprint density at radius 2 is 1.81 bits per heavy atom. The Hall–Kier alpha value is -2.87. The third-order valence-electron chi connectivity index (χ3n) is 6.23. The van der Waals surface area contributed by atoms with Gasteiger partial charge >= 0.3 is 5.69 Å². The van der Waals surface area contributed by atoms with E-state index in [0.717, 1.165) is 45.1 Å². The van der Waals surface area contributed by atoms with Gasteiger partial charge in [-0.05, 0) is 30.4 Å². The number of aromatic amines is 1. The summed E-state index contributed by atoms with van der Waals surface area (Å²) in [5.74, 6) is 1.29. The fourth-order valence-electron chi connectivity index (χ4n) is 4.20. The van der Waals surface area contributed by atoms with Crippen LogP contribution >= 0.6 is 0 Å². The monoisotopic (exact) mass is 424 g/mol. The molecule has 0 radical (unpaired) electrons. The van der Waals surface area contributed by atoms with E-state index in [-0.39, 0.29) is 5.56 Å². The van der Waals surface area contributed by atoms with Crippen LogP contribution in [0.3, 0.4) is 0 Å². The molecule has 3 heterocycles. The second-order valence-electron chi connectivity index (χ2n) is 8.93. The SMILES string of the molecule is Cc1ccccc1CN1CCN(c2nc3c(c(=O)[nH]c(=O)n3C)n2CCC(C)C)CC1. The van der Waals surface area contributed by atoms with Crippen molar-refractivity contribution in [2.24, 2.45) is 13.0 Å². The van der Waals surface area contributed by atoms with E-state index in [1.54, 1.807) is 7.05 Å². The summed E-state index contributed by atoms with van der Waals surface area (Å²) in [4.78, 5) is 36.7. The number of rotatable bonds is 6. The van der Waals surface area contributed by atoms with Gasteiger partial charge in [0.15, 0.2) is 11.2 Å². The van der Waals surface area contributed by atoms with Crippen LogP contribution in [0.2, 0.25) is 0 Å². The van der Waals surface area contributed by atoms with Crippen molar-refractivity contribution >= 4 is 17.1 Å². The molecule has 0 bridgehead atoms. The van der Waals surface area contributed by atoms with Crippen LogP contribution in [0.4, 0.5) is 5.95 Å². The first-order valence-electron chi connectivity index (χ1n) is 11.1. The highest BCUT2D eigenvalue weighted by atomic mass is 16.2. The van der Waals surface area contributed by atoms with E-state index in [4.69, 9.17) is 4.98 Å². The number of fused-ring (bicyclic) bond motifs is 1. The number of aryl methyl sites for hydroxylation is 3. The first kappa shape index (κ1) is 21.4. The molecule has 0 amide bonds. The molecule has 0 aliphatic carbocycles. The molecule has 2 aromatic heterocycles. The number of imidazole rings is 1. The van der Waals surface area contributed by atoms with Crippen LogP contribution in [0, 0.1) is 12.8 Å². The van der Waals surface area contributed by atoms with Gasteiger partial charge in [-0.1, -0.05) is 38.1 Å². The molecule has 0 spiro atoms. The lowest BCUT2D eigenvalue weighted by molar-refractivity contribution is 0.247. The molecule has 1 aromatic carbocycles. The van der Waals surface area contributed by atoms with Gasteiger partial charge in [0.05, 0.1) is 0 Å². The average molecular weight is 425 g/mol. The molecule has 1 N–H and O–H groups in total. The van der Waals surface area contributed by atoms with Crippen molar-refractivity contribution in [2.45, 2.75) is 40.3 Å². The number of H-pyrrole nitrogens is 1. The molecule has 166 valence electrons. The molecule has 1 aliphatic rings. The molecule has 8 nitrogen and oxygen atoms in total. The van der Waals surface area contributed by atoms with Gasteiger partial charge < -0.3 is 9.47 Å². The Kier molecular flexibility index (Phi) is 6.00. The molecule has 1 aliphatic heterocycles. The number of hydrogen-bond donors (Lipinski definition) is 1. The summed E-state index contributed by atoms with van der Waals surface area (Å²) in [5.41, 5.74) is 2.83. The van der Waals surface area contributed by atoms with Crippen molar-refractivity contribution in [2.75, 3.05) is 31.1 Å². The van der Waals surface area contributed by atoms with E-state index < -0.39 is 5.69 Å². The Balaban J connectivity index is 1.60. The lowest BCUT2D eigenvalue weighted by Gasteiger charge is -2.35. The topological polar surface area (TPSA) is 79.2 Å². The van der Waals surface area contributed by atoms with Crippen LogP contribution in [0.5, 0.6) is 0 Å². The maximum absolute atomic E-state index is 12.6. The van der Waals surface area contributed by atoms with Gasteiger partial charge in [0.2, 0.25) is 5.95 Å². The largest absolute Gasteiger partial charge is 0.340 e. The lowest BCUT2D eigenvalue weighted by atomic mass is 10.1. The normalized spacial score (nSPS) is 15.3. The van der Waals surface area contributed by atoms with E-state index in [2.05, 4.69) is 59.8 Å². The zero-order valence-corrected chi connectivity index (χ0v) is 18.9. The van der Waals surface area contributed by atoms with E-state index in [1.807, 2.05) is 4.57 Å². The summed E-state index contributed by atoms with van der Waals surface area (Å²) in [6.45, 7) is 11.7. The van der Waals surface area contributed by atoms with Crippen LogP contribution in [0.15, 0.2) is 33.9 Å². The average Bonchev–Trinajstić information content (AvgIpc) is 3.13. The van der Waals surface area contributed by atoms with Crippen molar-refractivity contribution in [3.05, 3.63) is 56.2 Å². The fourth-order valence-corrected chi connectivity index (χ4v) is 4.20. The van der Waals surface area contributed by atoms with Crippen LogP contribution < -0.4 is 16.1 Å². The van der Waals surface area contributed by atoms with Crippen molar-refractivity contribution in [3.63, 3.8) is 0 Å². The fraction of sp³-hybridized carbons (Fsp3) is 0.522. The predicted octanol–water partition coefficient (Wildman–Crippen LogP) is 2.10. The third-order valence-corrected chi connectivity index (χ3v) is 6.23. The molecule has 3 aromatic rings. The number of aromatic nitrogens is 4. The number of anilines is 1. The number of piperazine rings is 1. The predicted molar refractivity (Wildman–Crippen MR) is 124 cm³/mol. The maximum Gasteiger partial charge on any atom is 0.329 e. The molecule has 1 saturated heterocycles. The van der Waals surface area contributed by atoms with Gasteiger partial charge in [0, 0.05) is 46.3 Å². The van der Waals surface area contributed by atoms with Crippen molar-refractivity contribution in [1.82, 2.24) is 24.0 Å². The number of benzene rings is 1. The highest BCUT2D eigenvalue weighted by Gasteiger charge is 2.25. The maximum atomic E-state index is 12.6. The summed E-state index contributed by atoms with van der Waals surface area (Å²) in [6, 6.07) is 8.52. The summed E-state index contributed by atoms with van der Waals surface area (Å²) >= 11 is 0. The Labute approximate surface area is 182 Å². The minimum absolute atomic E-state index is 0.362. The van der Waals surface area contributed by atoms with Gasteiger partial charge in [0.1, 0.15) is 0 Å². The number of nitrogens with zero attached hydrogens (tertiary/aromatic N) is 5. The minimum Gasteiger partial charge on any atom is -0.340 e. The smallest absolute Gasteiger partial charge is 0.329 e. The van der Waals surface area contributed by atoms with Gasteiger partial charge in [-0.2, -0.15) is 4.98 Å². The van der Waals surface area contributed by atoms with Gasteiger partial charge in [-0.25, -0.2) is 4.79 Å². The molecule has 0 unspecified atom stereocenters. The van der Waals surface area contributed by atoms with Crippen LogP contribution in [0.25, 0.3) is 11.2 Å². The lowest BCUT2D eigenvalue weighted by Crippen LogP contribution is -2.47. The molecule has 31 heavy (non-hydrogen) atoms. The zero-order valence-electron chi connectivity index (χ0n) is 18.9. The second kappa shape index (κ2) is 8.70. The van der Waals surface area contributed by atoms with Gasteiger partial charge in [-0.15, -0.1) is 0 Å². The van der Waals surface area contributed by atoms with Gasteiger partial charge in [0.25, 0.3) is 5.56 Å². The molecule has 0 saturated carbocycles. The van der Waals surface area contributed by atoms with Crippen LogP contribution in [0.1, 0.15) is 31.4 Å². The van der Waals surface area contributed by atoms with E-state index in [1.165, 1.54) is 15.7 Å². The molecule has 0 atom stereocenters. The quantitative estimate of drug-likeness (QED) is 0.656. The first-order chi connectivity index (χ1) is 14.8. The van der Waals surface area contributed by atoms with Crippen LogP contribution in [-0.4, -0.2) is 50.2 Å². The Morgan fingerprint density at radius 3 is 2.48 bits per heavy atom. The van der Waals surface area contributed by atoms with Crippen molar-refractivity contribution < 1.29 is 0 Å². The summed E-state index contributed by atoms with van der Waals surface area (Å²) in [5, 5.41) is 0. The standard InChI is InChI=1S/C23H32N6O2/c1-16(2)9-10-29-19-20(26(4)23(31)25-21(19)30)24-22(29)28-13-11-27(12-14-28)15-18-8-6-5-7-17(18)3/h5-8,16H,9-15H2,1-4H3,(H,25,30,31).